The Morgan fingerprint density at radius 3 is 2.38 bits per heavy atom. The van der Waals surface area contributed by atoms with E-state index in [0.717, 1.165) is 6.07 Å². The summed E-state index contributed by atoms with van der Waals surface area (Å²) in [7, 11) is 0. The summed E-state index contributed by atoms with van der Waals surface area (Å²) in [6.45, 7) is 0.452. The molecule has 24 heavy (non-hydrogen) atoms. The van der Waals surface area contributed by atoms with Gasteiger partial charge in [0, 0.05) is 25.1 Å². The van der Waals surface area contributed by atoms with Crippen LogP contribution in [-0.4, -0.2) is 12.5 Å². The third kappa shape index (κ3) is 5.06. The highest BCUT2D eigenvalue weighted by Gasteiger charge is 2.33. The minimum absolute atomic E-state index is 0.0271. The molecule has 0 aromatic heterocycles. The quantitative estimate of drug-likeness (QED) is 0.617. The molecule has 0 radical (unpaired) electrons. The van der Waals surface area contributed by atoms with E-state index in [-0.39, 0.29) is 31.0 Å². The fourth-order valence-electron chi connectivity index (χ4n) is 2.12. The van der Waals surface area contributed by atoms with Crippen molar-refractivity contribution in [2.75, 3.05) is 11.9 Å². The Morgan fingerprint density at radius 2 is 1.67 bits per heavy atom. The van der Waals surface area contributed by atoms with Crippen molar-refractivity contribution in [2.45, 2.75) is 19.1 Å². The van der Waals surface area contributed by atoms with E-state index in [9.17, 15) is 22.4 Å². The number of rotatable bonds is 6. The zero-order valence-electron chi connectivity index (χ0n) is 12.7. The van der Waals surface area contributed by atoms with Gasteiger partial charge in [0.05, 0.1) is 11.3 Å². The number of nitrogens with one attached hydrogen (secondary N) is 2. The number of para-hydroxylation sites is 1. The van der Waals surface area contributed by atoms with Gasteiger partial charge in [-0.1, -0.05) is 30.3 Å². The largest absolute Gasteiger partial charge is 0.418 e. The number of halogens is 4. The number of amides is 1. The number of anilines is 1. The van der Waals surface area contributed by atoms with E-state index in [2.05, 4.69) is 10.6 Å². The predicted octanol–water partition coefficient (Wildman–Crippen LogP) is 3.96. The summed E-state index contributed by atoms with van der Waals surface area (Å²) >= 11 is 0. The second-order valence-electron chi connectivity index (χ2n) is 5.11. The molecule has 2 aromatic carbocycles. The van der Waals surface area contributed by atoms with Gasteiger partial charge in [-0.25, -0.2) is 4.39 Å². The Balaban J connectivity index is 1.83. The van der Waals surface area contributed by atoms with Gasteiger partial charge in [0.1, 0.15) is 5.82 Å². The van der Waals surface area contributed by atoms with E-state index in [1.807, 2.05) is 0 Å². The summed E-state index contributed by atoms with van der Waals surface area (Å²) in [5.74, 6) is -0.902. The Kier molecular flexibility index (Phi) is 5.92. The zero-order valence-corrected chi connectivity index (χ0v) is 12.7. The van der Waals surface area contributed by atoms with Gasteiger partial charge in [0.2, 0.25) is 5.91 Å². The molecule has 0 spiro atoms. The van der Waals surface area contributed by atoms with Crippen LogP contribution >= 0.6 is 0 Å². The van der Waals surface area contributed by atoms with Crippen molar-refractivity contribution in [1.82, 2.24) is 5.32 Å². The predicted molar refractivity (Wildman–Crippen MR) is 82.8 cm³/mol. The van der Waals surface area contributed by atoms with Gasteiger partial charge in [0.15, 0.2) is 0 Å². The highest BCUT2D eigenvalue weighted by molar-refractivity contribution is 5.91. The molecule has 0 bridgehead atoms. The number of benzene rings is 2. The molecule has 128 valence electrons. The maximum atomic E-state index is 13.4. The van der Waals surface area contributed by atoms with E-state index in [1.165, 1.54) is 24.3 Å². The topological polar surface area (TPSA) is 41.1 Å². The van der Waals surface area contributed by atoms with Gasteiger partial charge in [-0.15, -0.1) is 0 Å². The van der Waals surface area contributed by atoms with Crippen LogP contribution in [0.2, 0.25) is 0 Å². The monoisotopic (exact) mass is 340 g/mol. The molecule has 0 saturated heterocycles. The first kappa shape index (κ1) is 17.9. The summed E-state index contributed by atoms with van der Waals surface area (Å²) < 4.78 is 51.9. The second-order valence-corrected chi connectivity index (χ2v) is 5.11. The highest BCUT2D eigenvalue weighted by atomic mass is 19.4. The third-order valence-corrected chi connectivity index (χ3v) is 3.31. The minimum Gasteiger partial charge on any atom is -0.325 e. The fraction of sp³-hybridized carbons (Fsp3) is 0.235. The van der Waals surface area contributed by atoms with Crippen molar-refractivity contribution in [3.8, 4) is 0 Å². The average molecular weight is 340 g/mol. The van der Waals surface area contributed by atoms with Crippen LogP contribution in [0.3, 0.4) is 0 Å². The number of hydrogen-bond acceptors (Lipinski definition) is 2. The fourth-order valence-corrected chi connectivity index (χ4v) is 2.12. The molecule has 0 fully saturated rings. The molecular formula is C17H16F4N2O. The van der Waals surface area contributed by atoms with Crippen molar-refractivity contribution in [3.63, 3.8) is 0 Å². The Morgan fingerprint density at radius 1 is 1.00 bits per heavy atom. The lowest BCUT2D eigenvalue weighted by Crippen LogP contribution is -2.23. The molecule has 0 atom stereocenters. The third-order valence-electron chi connectivity index (χ3n) is 3.31. The first-order chi connectivity index (χ1) is 11.4. The van der Waals surface area contributed by atoms with Crippen LogP contribution < -0.4 is 10.6 Å². The lowest BCUT2D eigenvalue weighted by molar-refractivity contribution is -0.137. The van der Waals surface area contributed by atoms with Crippen LogP contribution in [0.5, 0.6) is 0 Å². The van der Waals surface area contributed by atoms with Crippen molar-refractivity contribution >= 4 is 11.6 Å². The van der Waals surface area contributed by atoms with E-state index in [1.54, 1.807) is 18.2 Å². The highest BCUT2D eigenvalue weighted by Crippen LogP contribution is 2.34. The number of alkyl halides is 3. The molecule has 2 rings (SSSR count). The Labute approximate surface area is 136 Å². The van der Waals surface area contributed by atoms with Crippen LogP contribution in [0.15, 0.2) is 48.5 Å². The summed E-state index contributed by atoms with van der Waals surface area (Å²) in [5, 5.41) is 5.14. The Hall–Kier alpha value is -2.41. The normalized spacial score (nSPS) is 11.3. The lowest BCUT2D eigenvalue weighted by atomic mass is 10.1. The summed E-state index contributed by atoms with van der Waals surface area (Å²) in [6, 6.07) is 11.0. The van der Waals surface area contributed by atoms with E-state index in [4.69, 9.17) is 0 Å². The molecule has 2 aromatic rings. The molecule has 7 heteroatoms. The van der Waals surface area contributed by atoms with Gasteiger partial charge >= 0.3 is 6.18 Å². The van der Waals surface area contributed by atoms with E-state index in [0.29, 0.717) is 5.56 Å². The Bertz CT molecular complexity index is 701. The van der Waals surface area contributed by atoms with Crippen LogP contribution in [0, 0.1) is 5.82 Å². The van der Waals surface area contributed by atoms with Crippen LogP contribution in [0.1, 0.15) is 17.5 Å². The molecule has 3 nitrogen and oxygen atoms in total. The van der Waals surface area contributed by atoms with Crippen LogP contribution in [0.25, 0.3) is 0 Å². The van der Waals surface area contributed by atoms with Crippen LogP contribution in [0.4, 0.5) is 23.2 Å². The zero-order chi connectivity index (χ0) is 17.6. The van der Waals surface area contributed by atoms with Gasteiger partial charge in [-0.05, 0) is 18.2 Å². The molecule has 0 aliphatic carbocycles. The summed E-state index contributed by atoms with van der Waals surface area (Å²) in [5.41, 5.74) is -0.706. The maximum Gasteiger partial charge on any atom is 0.418 e. The molecular weight excluding hydrogens is 324 g/mol. The van der Waals surface area contributed by atoms with Crippen molar-refractivity contribution in [2.24, 2.45) is 0 Å². The molecule has 0 aliphatic heterocycles. The maximum absolute atomic E-state index is 13.4. The molecule has 0 saturated carbocycles. The minimum atomic E-state index is -4.53. The average Bonchev–Trinajstić information content (AvgIpc) is 2.52. The van der Waals surface area contributed by atoms with Gasteiger partial charge in [-0.2, -0.15) is 13.2 Å². The smallest absolute Gasteiger partial charge is 0.325 e. The number of hydrogen-bond donors (Lipinski definition) is 2. The van der Waals surface area contributed by atoms with Gasteiger partial charge in [-0.3, -0.25) is 4.79 Å². The lowest BCUT2D eigenvalue weighted by Gasteiger charge is -2.13. The molecule has 0 heterocycles. The number of carbonyl (C=O) groups is 1. The molecule has 0 unspecified atom stereocenters. The van der Waals surface area contributed by atoms with Gasteiger partial charge < -0.3 is 10.6 Å². The standard InChI is InChI=1S/C17H16F4N2O/c18-14-7-3-1-5-12(14)11-22-10-9-16(24)23-15-8-4-2-6-13(15)17(19,20)21/h1-8,22H,9-11H2,(H,23,24). The van der Waals surface area contributed by atoms with Crippen molar-refractivity contribution in [1.29, 1.82) is 0 Å². The summed E-state index contributed by atoms with van der Waals surface area (Å²) in [6.07, 6.45) is -4.56. The second kappa shape index (κ2) is 7.92. The molecule has 2 N–H and O–H groups in total. The summed E-state index contributed by atoms with van der Waals surface area (Å²) in [4.78, 5) is 11.8. The number of carbonyl (C=O) groups excluding carboxylic acids is 1. The van der Waals surface area contributed by atoms with E-state index < -0.39 is 17.6 Å². The first-order valence-corrected chi connectivity index (χ1v) is 7.28. The molecule has 0 aliphatic rings. The van der Waals surface area contributed by atoms with Crippen molar-refractivity contribution < 1.29 is 22.4 Å². The van der Waals surface area contributed by atoms with Crippen LogP contribution in [-0.2, 0) is 17.5 Å². The van der Waals surface area contributed by atoms with Crippen molar-refractivity contribution in [3.05, 3.63) is 65.5 Å². The molecule has 1 amide bonds. The SMILES string of the molecule is O=C(CCNCc1ccccc1F)Nc1ccccc1C(F)(F)F. The van der Waals surface area contributed by atoms with E-state index >= 15 is 0 Å². The van der Waals surface area contributed by atoms with Gasteiger partial charge in [0.25, 0.3) is 0 Å². The first-order valence-electron chi connectivity index (χ1n) is 7.28.